The first-order valence-electron chi connectivity index (χ1n) is 11.5. The number of nitrogens with zero attached hydrogens (tertiary/aromatic N) is 1. The van der Waals surface area contributed by atoms with E-state index in [2.05, 4.69) is 55.7 Å². The number of carbonyl (C=O) groups excluding carboxylic acids is 1. The molecule has 0 saturated carbocycles. The van der Waals surface area contributed by atoms with Crippen LogP contribution in [0.2, 0.25) is 0 Å². The number of hydrogen-bond donors (Lipinski definition) is 0. The summed E-state index contributed by atoms with van der Waals surface area (Å²) in [5, 5.41) is 1.26. The zero-order valence-corrected chi connectivity index (χ0v) is 19.5. The molecule has 4 rings (SSSR count). The van der Waals surface area contributed by atoms with Gasteiger partial charge in [-0.1, -0.05) is 84.2 Å². The van der Waals surface area contributed by atoms with Gasteiger partial charge in [-0.25, -0.2) is 4.79 Å². The molecule has 0 N–H and O–H groups in total. The quantitative estimate of drug-likeness (QED) is 0.421. The standard InChI is InChI=1S/C21H21NO2.C4H10.C2H6/c1-3-6-18-17-10-9-15(21(23)24-2)13-19(17)22-12-11-14-7-4-5-8-16(14)20(18)22;1-3-4-2;1-2/h4-5,7-10,13H,3,6,11-12H2,1-2H3;3-4H2,1-2H3;1-2H3. The number of unbranched alkanes of at least 4 members (excludes halogenated alkanes) is 1. The van der Waals surface area contributed by atoms with Crippen molar-refractivity contribution in [3.05, 3.63) is 59.2 Å². The Labute approximate surface area is 182 Å². The molecule has 0 spiro atoms. The minimum atomic E-state index is -0.277. The van der Waals surface area contributed by atoms with Crippen molar-refractivity contribution < 1.29 is 9.53 Å². The molecule has 0 unspecified atom stereocenters. The third kappa shape index (κ3) is 4.77. The highest BCUT2D eigenvalue weighted by Gasteiger charge is 2.24. The van der Waals surface area contributed by atoms with Crippen LogP contribution in [0.1, 0.15) is 75.4 Å². The minimum Gasteiger partial charge on any atom is -0.465 e. The molecule has 0 aliphatic carbocycles. The maximum Gasteiger partial charge on any atom is 0.337 e. The highest BCUT2D eigenvalue weighted by atomic mass is 16.5. The summed E-state index contributed by atoms with van der Waals surface area (Å²) in [4.78, 5) is 11.9. The third-order valence-electron chi connectivity index (χ3n) is 5.47. The van der Waals surface area contributed by atoms with Crippen LogP contribution in [0.3, 0.4) is 0 Å². The first kappa shape index (κ1) is 23.7. The molecule has 1 aliphatic heterocycles. The van der Waals surface area contributed by atoms with Crippen molar-refractivity contribution in [2.24, 2.45) is 0 Å². The van der Waals surface area contributed by atoms with E-state index in [0.29, 0.717) is 5.56 Å². The molecule has 3 aromatic rings. The van der Waals surface area contributed by atoms with Crippen LogP contribution in [-0.2, 0) is 24.1 Å². The van der Waals surface area contributed by atoms with E-state index in [-0.39, 0.29) is 5.97 Å². The SMILES string of the molecule is CC.CCCC.CCCc1c2n(c3cc(C(=O)OC)ccc13)CCc1ccccc1-2. The Bertz CT molecular complexity index is 966. The van der Waals surface area contributed by atoms with Gasteiger partial charge in [-0.3, -0.25) is 0 Å². The van der Waals surface area contributed by atoms with Gasteiger partial charge in [0.1, 0.15) is 0 Å². The number of rotatable bonds is 4. The van der Waals surface area contributed by atoms with Crippen LogP contribution < -0.4 is 0 Å². The van der Waals surface area contributed by atoms with Gasteiger partial charge in [0.2, 0.25) is 0 Å². The van der Waals surface area contributed by atoms with Gasteiger partial charge >= 0.3 is 5.97 Å². The van der Waals surface area contributed by atoms with Gasteiger partial charge in [0.25, 0.3) is 0 Å². The van der Waals surface area contributed by atoms with Gasteiger partial charge in [0, 0.05) is 23.0 Å². The molecule has 3 heteroatoms. The lowest BCUT2D eigenvalue weighted by atomic mass is 9.94. The first-order valence-corrected chi connectivity index (χ1v) is 11.5. The van der Waals surface area contributed by atoms with E-state index in [1.165, 1.54) is 47.7 Å². The number of esters is 1. The Morgan fingerprint density at radius 3 is 2.33 bits per heavy atom. The van der Waals surface area contributed by atoms with E-state index in [1.807, 2.05) is 26.0 Å². The number of hydrogen-bond acceptors (Lipinski definition) is 2. The van der Waals surface area contributed by atoms with Gasteiger partial charge in [-0.15, -0.1) is 0 Å². The second-order valence-corrected chi connectivity index (χ2v) is 7.36. The lowest BCUT2D eigenvalue weighted by Gasteiger charge is -2.21. The minimum absolute atomic E-state index is 0.277. The molecule has 0 bridgehead atoms. The summed E-state index contributed by atoms with van der Waals surface area (Å²) >= 11 is 0. The summed E-state index contributed by atoms with van der Waals surface area (Å²) in [5.41, 5.74) is 7.24. The smallest absolute Gasteiger partial charge is 0.337 e. The fraction of sp³-hybridized carbons (Fsp3) is 0.444. The number of fused-ring (bicyclic) bond motifs is 5. The fourth-order valence-electron chi connectivity index (χ4n) is 3.91. The highest BCUT2D eigenvalue weighted by Crippen LogP contribution is 2.39. The van der Waals surface area contributed by atoms with E-state index in [1.54, 1.807) is 0 Å². The number of methoxy groups -OCH3 is 1. The van der Waals surface area contributed by atoms with Crippen LogP contribution in [0.5, 0.6) is 0 Å². The maximum atomic E-state index is 11.9. The molecule has 30 heavy (non-hydrogen) atoms. The van der Waals surface area contributed by atoms with E-state index in [0.717, 1.165) is 31.3 Å². The molecule has 0 amide bonds. The van der Waals surface area contributed by atoms with Crippen molar-refractivity contribution in [2.75, 3.05) is 7.11 Å². The van der Waals surface area contributed by atoms with Gasteiger partial charge in [0.05, 0.1) is 18.4 Å². The summed E-state index contributed by atoms with van der Waals surface area (Å²) in [6, 6.07) is 14.6. The largest absolute Gasteiger partial charge is 0.465 e. The maximum absolute atomic E-state index is 11.9. The molecule has 1 aliphatic rings. The Morgan fingerprint density at radius 2 is 1.70 bits per heavy atom. The molecular formula is C27H37NO2. The summed E-state index contributed by atoms with van der Waals surface area (Å²) in [5.74, 6) is -0.277. The Kier molecular flexibility index (Phi) is 9.16. The van der Waals surface area contributed by atoms with Crippen molar-refractivity contribution >= 4 is 16.9 Å². The fourth-order valence-corrected chi connectivity index (χ4v) is 3.91. The molecule has 2 heterocycles. The van der Waals surface area contributed by atoms with Crippen LogP contribution in [0, 0.1) is 0 Å². The second-order valence-electron chi connectivity index (χ2n) is 7.36. The van der Waals surface area contributed by atoms with E-state index >= 15 is 0 Å². The number of aromatic nitrogens is 1. The Balaban J connectivity index is 0.000000481. The lowest BCUT2D eigenvalue weighted by molar-refractivity contribution is 0.0601. The molecule has 0 radical (unpaired) electrons. The number of carbonyl (C=O) groups is 1. The molecular weight excluding hydrogens is 370 g/mol. The van der Waals surface area contributed by atoms with Crippen LogP contribution >= 0.6 is 0 Å². The predicted octanol–water partition coefficient (Wildman–Crippen LogP) is 7.44. The van der Waals surface area contributed by atoms with Crippen LogP contribution in [0.25, 0.3) is 22.2 Å². The van der Waals surface area contributed by atoms with Crippen LogP contribution in [0.4, 0.5) is 0 Å². The molecule has 0 atom stereocenters. The summed E-state index contributed by atoms with van der Waals surface area (Å²) < 4.78 is 7.28. The number of ether oxygens (including phenoxy) is 1. The zero-order chi connectivity index (χ0) is 22.1. The summed E-state index contributed by atoms with van der Waals surface area (Å²) in [6.45, 7) is 11.5. The third-order valence-corrected chi connectivity index (χ3v) is 5.47. The Morgan fingerprint density at radius 1 is 1.00 bits per heavy atom. The highest BCUT2D eigenvalue weighted by molar-refractivity contribution is 5.98. The Hall–Kier alpha value is -2.55. The van der Waals surface area contributed by atoms with Gasteiger partial charge < -0.3 is 9.30 Å². The number of benzene rings is 2. The van der Waals surface area contributed by atoms with E-state index in [4.69, 9.17) is 4.74 Å². The van der Waals surface area contributed by atoms with Gasteiger partial charge in [-0.05, 0) is 36.1 Å². The molecule has 162 valence electrons. The van der Waals surface area contributed by atoms with Crippen molar-refractivity contribution in [1.29, 1.82) is 0 Å². The summed E-state index contributed by atoms with van der Waals surface area (Å²) in [6.07, 6.45) is 5.82. The topological polar surface area (TPSA) is 31.2 Å². The predicted molar refractivity (Wildman–Crippen MR) is 128 cm³/mol. The zero-order valence-electron chi connectivity index (χ0n) is 19.5. The average Bonchev–Trinajstić information content (AvgIpc) is 3.13. The number of aryl methyl sites for hydroxylation is 3. The van der Waals surface area contributed by atoms with Gasteiger partial charge in [0.15, 0.2) is 0 Å². The van der Waals surface area contributed by atoms with E-state index in [9.17, 15) is 4.79 Å². The van der Waals surface area contributed by atoms with Crippen molar-refractivity contribution in [3.63, 3.8) is 0 Å². The van der Waals surface area contributed by atoms with E-state index < -0.39 is 0 Å². The van der Waals surface area contributed by atoms with Crippen LogP contribution in [-0.4, -0.2) is 17.6 Å². The first-order chi connectivity index (χ1) is 14.7. The molecule has 0 fully saturated rings. The lowest BCUT2D eigenvalue weighted by Crippen LogP contribution is -2.11. The summed E-state index contributed by atoms with van der Waals surface area (Å²) in [7, 11) is 1.43. The monoisotopic (exact) mass is 407 g/mol. The van der Waals surface area contributed by atoms with Gasteiger partial charge in [-0.2, -0.15) is 0 Å². The normalized spacial score (nSPS) is 11.4. The van der Waals surface area contributed by atoms with Crippen LogP contribution in [0.15, 0.2) is 42.5 Å². The van der Waals surface area contributed by atoms with Crippen molar-refractivity contribution in [1.82, 2.24) is 4.57 Å². The molecule has 3 nitrogen and oxygen atoms in total. The average molecular weight is 408 g/mol. The molecule has 2 aromatic carbocycles. The molecule has 0 saturated heterocycles. The van der Waals surface area contributed by atoms with Crippen molar-refractivity contribution in [3.8, 4) is 11.3 Å². The molecule has 1 aromatic heterocycles. The van der Waals surface area contributed by atoms with Crippen molar-refractivity contribution in [2.45, 2.75) is 73.3 Å². The second kappa shape index (κ2) is 11.6.